The van der Waals surface area contributed by atoms with Crippen LogP contribution in [0.1, 0.15) is 66.9 Å². The number of hydrogen-bond donors (Lipinski definition) is 2. The van der Waals surface area contributed by atoms with Gasteiger partial charge in [0.15, 0.2) is 0 Å². The molecule has 5 rings (SSSR count). The second-order valence-corrected chi connectivity index (χ2v) is 9.62. The first-order valence-electron chi connectivity index (χ1n) is 11.8. The summed E-state index contributed by atoms with van der Waals surface area (Å²) in [6.07, 6.45) is 6.44. The Morgan fingerprint density at radius 3 is 2.62 bits per heavy atom. The van der Waals surface area contributed by atoms with Gasteiger partial charge in [-0.15, -0.1) is 0 Å². The molecule has 0 amide bonds. The molecule has 5 nitrogen and oxygen atoms in total. The molecule has 2 aromatic rings. The topological polar surface area (TPSA) is 68.2 Å². The van der Waals surface area contributed by atoms with E-state index in [2.05, 4.69) is 18.2 Å². The minimum Gasteiger partial charge on any atom is -0.491 e. The lowest BCUT2D eigenvalue weighted by Gasteiger charge is -2.33. The van der Waals surface area contributed by atoms with Crippen molar-refractivity contribution in [2.24, 2.45) is 0 Å². The molecule has 1 aliphatic carbocycles. The highest BCUT2D eigenvalue weighted by atomic mass is 35.5. The van der Waals surface area contributed by atoms with Crippen LogP contribution < -0.4 is 9.47 Å². The fourth-order valence-corrected chi connectivity index (χ4v) is 5.53. The van der Waals surface area contributed by atoms with Gasteiger partial charge in [-0.2, -0.15) is 0 Å². The van der Waals surface area contributed by atoms with E-state index in [0.29, 0.717) is 37.0 Å². The fraction of sp³-hybridized carbons (Fsp3) is 0.538. The Morgan fingerprint density at radius 2 is 1.88 bits per heavy atom. The molecular formula is C26H31ClO5. The van der Waals surface area contributed by atoms with E-state index >= 15 is 0 Å². The summed E-state index contributed by atoms with van der Waals surface area (Å²) in [5.74, 6) is 1.66. The monoisotopic (exact) mass is 458 g/mol. The Hall–Kier alpha value is -1.79. The number of rotatable bonds is 6. The molecule has 1 saturated carbocycles. The maximum Gasteiger partial charge on any atom is 0.141 e. The summed E-state index contributed by atoms with van der Waals surface area (Å²) in [6.45, 7) is 0.499. The van der Waals surface area contributed by atoms with Gasteiger partial charge >= 0.3 is 0 Å². The van der Waals surface area contributed by atoms with Crippen LogP contribution >= 0.6 is 11.6 Å². The first-order valence-corrected chi connectivity index (χ1v) is 12.2. The molecule has 2 fully saturated rings. The molecule has 0 bridgehead atoms. The van der Waals surface area contributed by atoms with Crippen LogP contribution in [0.2, 0.25) is 5.02 Å². The first-order chi connectivity index (χ1) is 15.6. The Balaban J connectivity index is 1.39. The smallest absolute Gasteiger partial charge is 0.141 e. The van der Waals surface area contributed by atoms with Gasteiger partial charge in [0.05, 0.1) is 42.7 Å². The lowest BCUT2D eigenvalue weighted by Crippen LogP contribution is -2.33. The maximum absolute atomic E-state index is 10.3. The van der Waals surface area contributed by atoms with Crippen molar-refractivity contribution in [3.63, 3.8) is 0 Å². The van der Waals surface area contributed by atoms with E-state index in [-0.39, 0.29) is 18.8 Å². The molecule has 0 spiro atoms. The minimum absolute atomic E-state index is 0.0953. The second-order valence-electron chi connectivity index (χ2n) is 9.24. The molecule has 172 valence electrons. The Bertz CT molecular complexity index is 938. The van der Waals surface area contributed by atoms with Crippen molar-refractivity contribution in [1.82, 2.24) is 0 Å². The van der Waals surface area contributed by atoms with Crippen molar-refractivity contribution in [2.45, 2.75) is 75.8 Å². The highest BCUT2D eigenvalue weighted by Gasteiger charge is 2.33. The average molecular weight is 459 g/mol. The second kappa shape index (κ2) is 9.60. The van der Waals surface area contributed by atoms with E-state index < -0.39 is 6.10 Å². The zero-order valence-corrected chi connectivity index (χ0v) is 19.0. The zero-order chi connectivity index (χ0) is 22.1. The van der Waals surface area contributed by atoms with Gasteiger partial charge in [0.2, 0.25) is 0 Å². The first kappa shape index (κ1) is 22.0. The molecule has 2 aromatic carbocycles. The molecule has 32 heavy (non-hydrogen) atoms. The van der Waals surface area contributed by atoms with E-state index in [1.165, 1.54) is 12.8 Å². The number of aliphatic hydroxyl groups excluding tert-OH is 2. The summed E-state index contributed by atoms with van der Waals surface area (Å²) in [5.41, 5.74) is 4.22. The molecule has 2 N–H and O–H groups in total. The summed E-state index contributed by atoms with van der Waals surface area (Å²) in [7, 11) is 0. The number of halogens is 1. The van der Waals surface area contributed by atoms with Crippen molar-refractivity contribution in [3.8, 4) is 11.5 Å². The quantitative estimate of drug-likeness (QED) is 0.653. The van der Waals surface area contributed by atoms with Gasteiger partial charge in [0.1, 0.15) is 11.5 Å². The molecule has 3 atom stereocenters. The highest BCUT2D eigenvalue weighted by molar-refractivity contribution is 6.33. The van der Waals surface area contributed by atoms with Crippen LogP contribution in [0.25, 0.3) is 0 Å². The maximum atomic E-state index is 10.3. The third kappa shape index (κ3) is 4.62. The van der Waals surface area contributed by atoms with Crippen molar-refractivity contribution in [3.05, 3.63) is 57.6 Å². The molecule has 3 unspecified atom stereocenters. The number of aliphatic hydroxyl groups is 2. The minimum atomic E-state index is -0.490. The van der Waals surface area contributed by atoms with Crippen LogP contribution in [0.5, 0.6) is 11.5 Å². The summed E-state index contributed by atoms with van der Waals surface area (Å²) in [6, 6.07) is 10.4. The van der Waals surface area contributed by atoms with E-state index in [0.717, 1.165) is 53.0 Å². The standard InChI is InChI=1S/C26H31ClO5/c27-25-17(11-16-5-7-20(8-6-16)31-19-3-1-2-4-19)12-23(22-9-10-30-26(22)25)24-14-18(29)13-21(15-28)32-24/h5-8,12,18-19,21,24,28-29H,1-4,9-11,13-15H2. The average Bonchev–Trinajstić information content (AvgIpc) is 3.49. The summed E-state index contributed by atoms with van der Waals surface area (Å²) in [5, 5.41) is 20.6. The van der Waals surface area contributed by atoms with Crippen molar-refractivity contribution in [2.75, 3.05) is 13.2 Å². The molecule has 0 radical (unpaired) electrons. The summed E-state index contributed by atoms with van der Waals surface area (Å²) < 4.78 is 18.1. The lowest BCUT2D eigenvalue weighted by molar-refractivity contribution is -0.114. The molecule has 0 aromatic heterocycles. The predicted octanol–water partition coefficient (Wildman–Crippen LogP) is 4.76. The van der Waals surface area contributed by atoms with Gasteiger partial charge in [-0.05, 0) is 60.9 Å². The Labute approximate surface area is 194 Å². The normalized spacial score (nSPS) is 25.5. The Morgan fingerprint density at radius 1 is 1.09 bits per heavy atom. The van der Waals surface area contributed by atoms with E-state index in [1.54, 1.807) is 0 Å². The van der Waals surface area contributed by atoms with Crippen LogP contribution in [-0.2, 0) is 17.6 Å². The molecule has 3 aliphatic rings. The summed E-state index contributed by atoms with van der Waals surface area (Å²) in [4.78, 5) is 0. The summed E-state index contributed by atoms with van der Waals surface area (Å²) >= 11 is 6.76. The number of ether oxygens (including phenoxy) is 3. The molecule has 2 heterocycles. The largest absolute Gasteiger partial charge is 0.491 e. The number of fused-ring (bicyclic) bond motifs is 1. The van der Waals surface area contributed by atoms with Crippen LogP contribution in [-0.4, -0.2) is 41.7 Å². The van der Waals surface area contributed by atoms with Gasteiger partial charge in [-0.1, -0.05) is 29.8 Å². The third-order valence-electron chi connectivity index (χ3n) is 6.88. The molecule has 2 aliphatic heterocycles. The molecule has 6 heteroatoms. The van der Waals surface area contributed by atoms with Crippen LogP contribution in [0.3, 0.4) is 0 Å². The van der Waals surface area contributed by atoms with Crippen molar-refractivity contribution >= 4 is 11.6 Å². The molecule has 1 saturated heterocycles. The van der Waals surface area contributed by atoms with Crippen molar-refractivity contribution in [1.29, 1.82) is 0 Å². The van der Waals surface area contributed by atoms with Gasteiger partial charge in [-0.25, -0.2) is 0 Å². The van der Waals surface area contributed by atoms with Crippen LogP contribution in [0.4, 0.5) is 0 Å². The SMILES string of the molecule is OCC1CC(O)CC(c2cc(Cc3ccc(OC4CCCC4)cc3)c(Cl)c3c2CCO3)O1. The van der Waals surface area contributed by atoms with Gasteiger partial charge in [0, 0.05) is 24.8 Å². The van der Waals surface area contributed by atoms with Crippen LogP contribution in [0.15, 0.2) is 30.3 Å². The number of hydrogen-bond acceptors (Lipinski definition) is 5. The van der Waals surface area contributed by atoms with Gasteiger partial charge < -0.3 is 24.4 Å². The third-order valence-corrected chi connectivity index (χ3v) is 7.30. The fourth-order valence-electron chi connectivity index (χ4n) is 5.24. The molecular weight excluding hydrogens is 428 g/mol. The van der Waals surface area contributed by atoms with E-state index in [1.807, 2.05) is 12.1 Å². The highest BCUT2D eigenvalue weighted by Crippen LogP contribution is 2.44. The zero-order valence-electron chi connectivity index (χ0n) is 18.3. The van der Waals surface area contributed by atoms with E-state index in [9.17, 15) is 10.2 Å². The van der Waals surface area contributed by atoms with Crippen molar-refractivity contribution < 1.29 is 24.4 Å². The van der Waals surface area contributed by atoms with Crippen LogP contribution in [0, 0.1) is 0 Å². The number of benzene rings is 2. The Kier molecular flexibility index (Phi) is 6.61. The van der Waals surface area contributed by atoms with E-state index in [4.69, 9.17) is 25.8 Å². The predicted molar refractivity (Wildman–Crippen MR) is 123 cm³/mol. The van der Waals surface area contributed by atoms with Gasteiger partial charge in [-0.3, -0.25) is 0 Å². The lowest BCUT2D eigenvalue weighted by atomic mass is 9.89. The van der Waals surface area contributed by atoms with Gasteiger partial charge in [0.25, 0.3) is 0 Å².